The third-order valence-corrected chi connectivity index (χ3v) is 3.40. The van der Waals surface area contributed by atoms with E-state index in [-0.39, 0.29) is 4.90 Å². The highest BCUT2D eigenvalue weighted by Crippen LogP contribution is 2.27. The summed E-state index contributed by atoms with van der Waals surface area (Å²) >= 11 is 0. The molecule has 0 aliphatic rings. The van der Waals surface area contributed by atoms with Crippen molar-refractivity contribution in [1.82, 2.24) is 0 Å². The van der Waals surface area contributed by atoms with E-state index >= 15 is 0 Å². The van der Waals surface area contributed by atoms with Crippen LogP contribution in [0.15, 0.2) is 23.1 Å². The molecular formula is C10H12O5S. The van der Waals surface area contributed by atoms with Crippen LogP contribution >= 0.6 is 0 Å². The minimum atomic E-state index is -3.49. The van der Waals surface area contributed by atoms with Crippen molar-refractivity contribution in [2.45, 2.75) is 17.7 Å². The molecule has 1 rings (SSSR count). The molecule has 5 nitrogen and oxygen atoms in total. The van der Waals surface area contributed by atoms with E-state index in [4.69, 9.17) is 5.11 Å². The van der Waals surface area contributed by atoms with Crippen LogP contribution in [0.25, 0.3) is 0 Å². The summed E-state index contributed by atoms with van der Waals surface area (Å²) in [4.78, 5) is 10.5. The van der Waals surface area contributed by atoms with Crippen LogP contribution in [-0.2, 0) is 14.6 Å². The topological polar surface area (TPSA) is 91.7 Å². The molecule has 0 radical (unpaired) electrons. The maximum atomic E-state index is 11.2. The molecule has 0 saturated carbocycles. The fraction of sp³-hybridized carbons (Fsp3) is 0.300. The first-order valence-corrected chi connectivity index (χ1v) is 6.38. The van der Waals surface area contributed by atoms with Gasteiger partial charge in [0, 0.05) is 6.26 Å². The van der Waals surface area contributed by atoms with Gasteiger partial charge < -0.3 is 10.2 Å². The average Bonchev–Trinajstić information content (AvgIpc) is 2.14. The molecule has 0 aromatic heterocycles. The summed E-state index contributed by atoms with van der Waals surface area (Å²) in [7, 11) is -3.49. The smallest absolute Gasteiger partial charge is 0.310 e. The fourth-order valence-electron chi connectivity index (χ4n) is 1.26. The van der Waals surface area contributed by atoms with Gasteiger partial charge in [-0.3, -0.25) is 4.79 Å². The van der Waals surface area contributed by atoms with Crippen molar-refractivity contribution in [3.8, 4) is 5.75 Å². The Balaban J connectivity index is 3.25. The molecule has 0 spiro atoms. The van der Waals surface area contributed by atoms with Crippen LogP contribution in [0.5, 0.6) is 5.75 Å². The van der Waals surface area contributed by atoms with Gasteiger partial charge in [-0.15, -0.1) is 0 Å². The first-order chi connectivity index (χ1) is 7.23. The fourth-order valence-corrected chi connectivity index (χ4v) is 2.01. The predicted octanol–water partition coefficient (Wildman–Crippen LogP) is 0.984. The summed E-state index contributed by atoms with van der Waals surface area (Å²) in [5, 5.41) is 18.2. The van der Waals surface area contributed by atoms with Crippen LogP contribution in [0, 0.1) is 0 Å². The zero-order valence-corrected chi connectivity index (χ0v) is 9.65. The summed E-state index contributed by atoms with van der Waals surface area (Å²) in [6.45, 7) is 1.46. The number of phenols is 1. The summed E-state index contributed by atoms with van der Waals surface area (Å²) in [5.74, 6) is -2.25. The number of phenolic OH excluding ortho intramolecular Hbond substituents is 1. The van der Waals surface area contributed by atoms with Crippen LogP contribution in [0.2, 0.25) is 0 Å². The number of sulfone groups is 1. The normalized spacial score (nSPS) is 13.4. The molecule has 88 valence electrons. The van der Waals surface area contributed by atoms with Gasteiger partial charge in [0.15, 0.2) is 9.84 Å². The van der Waals surface area contributed by atoms with Gasteiger partial charge in [-0.2, -0.15) is 0 Å². The minimum absolute atomic E-state index is 0.200. The number of aliphatic carboxylic acids is 1. The molecule has 0 bridgehead atoms. The Morgan fingerprint density at radius 3 is 2.31 bits per heavy atom. The Hall–Kier alpha value is -1.56. The highest BCUT2D eigenvalue weighted by Gasteiger charge is 2.18. The number of rotatable bonds is 3. The number of hydrogen-bond acceptors (Lipinski definition) is 4. The van der Waals surface area contributed by atoms with E-state index in [2.05, 4.69) is 0 Å². The zero-order valence-electron chi connectivity index (χ0n) is 8.84. The molecule has 0 aliphatic carbocycles. The standard InChI is InChI=1S/C10H12O5S/c1-6(10(12)13)7-3-4-9(8(11)5-7)16(2,14)15/h3-6,11H,1-2H3,(H,12,13). The zero-order chi connectivity index (χ0) is 12.5. The highest BCUT2D eigenvalue weighted by atomic mass is 32.2. The molecule has 1 unspecified atom stereocenters. The average molecular weight is 244 g/mol. The third-order valence-electron chi connectivity index (χ3n) is 2.25. The number of aromatic hydroxyl groups is 1. The molecule has 1 aromatic rings. The number of carboxylic acids is 1. The van der Waals surface area contributed by atoms with E-state index in [1.807, 2.05) is 0 Å². The lowest BCUT2D eigenvalue weighted by Crippen LogP contribution is -2.08. The molecule has 16 heavy (non-hydrogen) atoms. The maximum Gasteiger partial charge on any atom is 0.310 e. The van der Waals surface area contributed by atoms with E-state index in [9.17, 15) is 18.3 Å². The highest BCUT2D eigenvalue weighted by molar-refractivity contribution is 7.90. The SMILES string of the molecule is CC(C(=O)O)c1ccc(S(C)(=O)=O)c(O)c1. The lowest BCUT2D eigenvalue weighted by atomic mass is 10.0. The Morgan fingerprint density at radius 1 is 1.38 bits per heavy atom. The van der Waals surface area contributed by atoms with Crippen molar-refractivity contribution in [3.05, 3.63) is 23.8 Å². The van der Waals surface area contributed by atoms with E-state index in [1.54, 1.807) is 0 Å². The maximum absolute atomic E-state index is 11.2. The number of carbonyl (C=O) groups is 1. The molecule has 6 heteroatoms. The van der Waals surface area contributed by atoms with E-state index in [1.165, 1.54) is 19.1 Å². The van der Waals surface area contributed by atoms with Crippen LogP contribution in [0.1, 0.15) is 18.4 Å². The van der Waals surface area contributed by atoms with Gasteiger partial charge in [-0.25, -0.2) is 8.42 Å². The van der Waals surface area contributed by atoms with Gasteiger partial charge in [0.1, 0.15) is 10.6 Å². The molecule has 0 heterocycles. The quantitative estimate of drug-likeness (QED) is 0.827. The van der Waals surface area contributed by atoms with Gasteiger partial charge >= 0.3 is 5.97 Å². The summed E-state index contributed by atoms with van der Waals surface area (Å²) in [5.41, 5.74) is 0.359. The number of benzene rings is 1. The Bertz CT molecular complexity index is 518. The molecule has 0 amide bonds. The summed E-state index contributed by atoms with van der Waals surface area (Å²) in [6.07, 6.45) is 0.975. The summed E-state index contributed by atoms with van der Waals surface area (Å²) in [6, 6.07) is 3.75. The number of hydrogen-bond donors (Lipinski definition) is 2. The largest absolute Gasteiger partial charge is 0.507 e. The van der Waals surface area contributed by atoms with Crippen molar-refractivity contribution in [2.24, 2.45) is 0 Å². The van der Waals surface area contributed by atoms with Gasteiger partial charge in [0.2, 0.25) is 0 Å². The monoisotopic (exact) mass is 244 g/mol. The molecular weight excluding hydrogens is 232 g/mol. The molecule has 1 atom stereocenters. The second kappa shape index (κ2) is 4.13. The van der Waals surface area contributed by atoms with E-state index < -0.39 is 27.5 Å². The van der Waals surface area contributed by atoms with Crippen LogP contribution < -0.4 is 0 Å². The van der Waals surface area contributed by atoms with Gasteiger partial charge in [0.25, 0.3) is 0 Å². The number of carboxylic acid groups (broad SMARTS) is 1. The second-order valence-corrected chi connectivity index (χ2v) is 5.54. The minimum Gasteiger partial charge on any atom is -0.507 e. The predicted molar refractivity (Wildman–Crippen MR) is 57.3 cm³/mol. The van der Waals surface area contributed by atoms with Crippen molar-refractivity contribution < 1.29 is 23.4 Å². The molecule has 0 aliphatic heterocycles. The Kier molecular flexibility index (Phi) is 3.23. The van der Waals surface area contributed by atoms with Crippen LogP contribution in [0.3, 0.4) is 0 Å². The van der Waals surface area contributed by atoms with Gasteiger partial charge in [0.05, 0.1) is 5.92 Å². The van der Waals surface area contributed by atoms with Crippen molar-refractivity contribution in [1.29, 1.82) is 0 Å². The van der Waals surface area contributed by atoms with E-state index in [0.29, 0.717) is 5.56 Å². The van der Waals surface area contributed by atoms with Gasteiger partial charge in [-0.05, 0) is 24.6 Å². The van der Waals surface area contributed by atoms with Crippen LogP contribution in [0.4, 0.5) is 0 Å². The molecule has 0 fully saturated rings. The van der Waals surface area contributed by atoms with E-state index in [0.717, 1.165) is 12.3 Å². The van der Waals surface area contributed by atoms with Crippen molar-refractivity contribution >= 4 is 15.8 Å². The van der Waals surface area contributed by atoms with Gasteiger partial charge in [-0.1, -0.05) is 6.07 Å². The first-order valence-electron chi connectivity index (χ1n) is 4.49. The molecule has 2 N–H and O–H groups in total. The lowest BCUT2D eigenvalue weighted by molar-refractivity contribution is -0.138. The molecule has 0 saturated heterocycles. The Morgan fingerprint density at radius 2 is 1.94 bits per heavy atom. The second-order valence-electron chi connectivity index (χ2n) is 3.56. The van der Waals surface area contributed by atoms with Crippen LogP contribution in [-0.4, -0.2) is 30.9 Å². The third kappa shape index (κ3) is 2.52. The summed E-state index contributed by atoms with van der Waals surface area (Å²) < 4.78 is 22.4. The van der Waals surface area contributed by atoms with Crippen molar-refractivity contribution in [3.63, 3.8) is 0 Å². The lowest BCUT2D eigenvalue weighted by Gasteiger charge is -2.09. The van der Waals surface area contributed by atoms with Crippen molar-refractivity contribution in [2.75, 3.05) is 6.26 Å². The Labute approximate surface area is 93.3 Å². The molecule has 1 aromatic carbocycles. The first kappa shape index (κ1) is 12.5.